The van der Waals surface area contributed by atoms with E-state index >= 15 is 0 Å². The molecule has 2 aromatic rings. The average Bonchev–Trinajstić information content (AvgIpc) is 3.00. The number of aliphatic imine (C=N–C) groups is 1. The Labute approximate surface area is 182 Å². The molecule has 1 fully saturated rings. The van der Waals surface area contributed by atoms with Gasteiger partial charge >= 0.3 is 5.97 Å². The fourth-order valence-corrected chi connectivity index (χ4v) is 4.99. The minimum Gasteiger partial charge on any atom is -0.457 e. The first kappa shape index (κ1) is 19.9. The number of hydrogen-bond donors (Lipinski definition) is 0. The summed E-state index contributed by atoms with van der Waals surface area (Å²) in [6.07, 6.45) is 0. The lowest BCUT2D eigenvalue weighted by molar-refractivity contribution is -0.141. The van der Waals surface area contributed by atoms with Gasteiger partial charge < -0.3 is 4.74 Å². The van der Waals surface area contributed by atoms with Gasteiger partial charge in [-0.05, 0) is 31.0 Å². The Morgan fingerprint density at radius 3 is 2.59 bits per heavy atom. The van der Waals surface area contributed by atoms with Crippen LogP contribution in [0.4, 0.5) is 0 Å². The first-order valence-electron chi connectivity index (χ1n) is 9.22. The van der Waals surface area contributed by atoms with Crippen molar-refractivity contribution < 1.29 is 14.3 Å². The number of ether oxygens (including phenoxy) is 1. The summed E-state index contributed by atoms with van der Waals surface area (Å²) in [6.45, 7) is 3.81. The maximum atomic E-state index is 13.1. The molecule has 2 aromatic carbocycles. The van der Waals surface area contributed by atoms with Crippen LogP contribution < -0.4 is 0 Å². The Morgan fingerprint density at radius 1 is 1.17 bits per heavy atom. The lowest BCUT2D eigenvalue weighted by atomic mass is 9.94. The van der Waals surface area contributed by atoms with E-state index in [4.69, 9.17) is 4.74 Å². The molecule has 7 heteroatoms. The van der Waals surface area contributed by atoms with Crippen LogP contribution in [0.25, 0.3) is 0 Å². The van der Waals surface area contributed by atoms with Crippen molar-refractivity contribution in [3.63, 3.8) is 0 Å². The van der Waals surface area contributed by atoms with E-state index in [1.54, 1.807) is 11.8 Å². The molecule has 0 unspecified atom stereocenters. The number of amidine groups is 1. The third-order valence-electron chi connectivity index (χ3n) is 4.89. The number of esters is 1. The molecule has 0 radical (unpaired) electrons. The summed E-state index contributed by atoms with van der Waals surface area (Å²) in [6, 6.07) is 16.5. The van der Waals surface area contributed by atoms with Crippen LogP contribution in [0.3, 0.4) is 0 Å². The summed E-state index contributed by atoms with van der Waals surface area (Å²) in [5, 5.41) is 0.381. The monoisotopic (exact) mass is 470 g/mol. The maximum Gasteiger partial charge on any atom is 0.338 e. The molecule has 2 heterocycles. The van der Waals surface area contributed by atoms with E-state index in [0.29, 0.717) is 16.4 Å². The van der Waals surface area contributed by atoms with Gasteiger partial charge in [-0.1, -0.05) is 76.2 Å². The van der Waals surface area contributed by atoms with Crippen LogP contribution in [0.1, 0.15) is 31.0 Å². The molecule has 2 aliphatic heterocycles. The molecule has 0 saturated carbocycles. The number of carbonyl (C=O) groups is 2. The standard InChI is InChI=1S/C22H19BrN2O3S/c1-13-18(21(27)28-12-15-8-4-3-5-9-15)19(16-10-6-7-11-17(16)23)25-20(26)14(2)29-22(25)24-13/h3-11,14,19H,12H2,1-2H3/t14-,19+/m1/s1. The molecule has 4 rings (SSSR count). The van der Waals surface area contributed by atoms with Gasteiger partial charge in [0.2, 0.25) is 5.91 Å². The number of rotatable bonds is 4. The van der Waals surface area contributed by atoms with Crippen LogP contribution in [-0.4, -0.2) is 27.2 Å². The first-order valence-corrected chi connectivity index (χ1v) is 10.9. The number of amides is 1. The molecule has 1 amide bonds. The Morgan fingerprint density at radius 2 is 1.86 bits per heavy atom. The van der Waals surface area contributed by atoms with E-state index in [1.165, 1.54) is 11.8 Å². The smallest absolute Gasteiger partial charge is 0.338 e. The predicted octanol–water partition coefficient (Wildman–Crippen LogP) is 4.84. The summed E-state index contributed by atoms with van der Waals surface area (Å²) in [7, 11) is 0. The highest BCUT2D eigenvalue weighted by Crippen LogP contribution is 2.44. The van der Waals surface area contributed by atoms with Crippen LogP contribution in [0.5, 0.6) is 0 Å². The van der Waals surface area contributed by atoms with Crippen LogP contribution in [0.15, 0.2) is 75.3 Å². The van der Waals surface area contributed by atoms with Crippen LogP contribution in [0.2, 0.25) is 0 Å². The minimum atomic E-state index is -0.578. The fourth-order valence-electron chi connectivity index (χ4n) is 3.46. The fraction of sp³-hybridized carbons (Fsp3) is 0.227. The molecular formula is C22H19BrN2O3S. The number of nitrogens with zero attached hydrogens (tertiary/aromatic N) is 2. The van der Waals surface area contributed by atoms with Gasteiger partial charge in [0.1, 0.15) is 6.61 Å². The van der Waals surface area contributed by atoms with Crippen LogP contribution in [0, 0.1) is 0 Å². The Balaban J connectivity index is 1.73. The highest BCUT2D eigenvalue weighted by molar-refractivity contribution is 9.10. The quantitative estimate of drug-likeness (QED) is 0.599. The zero-order chi connectivity index (χ0) is 20.5. The Hall–Kier alpha value is -2.38. The normalized spacial score (nSPS) is 21.1. The summed E-state index contributed by atoms with van der Waals surface area (Å²) in [5.74, 6) is -0.525. The van der Waals surface area contributed by atoms with Gasteiger partial charge in [-0.2, -0.15) is 0 Å². The van der Waals surface area contributed by atoms with Gasteiger partial charge in [-0.25, -0.2) is 9.79 Å². The summed E-state index contributed by atoms with van der Waals surface area (Å²) in [5.41, 5.74) is 2.69. The van der Waals surface area contributed by atoms with Gasteiger partial charge in [0.05, 0.1) is 22.6 Å². The van der Waals surface area contributed by atoms with Gasteiger partial charge in [-0.15, -0.1) is 0 Å². The number of halogens is 1. The van der Waals surface area contributed by atoms with Crippen molar-refractivity contribution in [2.24, 2.45) is 4.99 Å². The summed E-state index contributed by atoms with van der Waals surface area (Å²) < 4.78 is 6.44. The number of thioether (sulfide) groups is 1. The zero-order valence-electron chi connectivity index (χ0n) is 16.0. The second-order valence-corrected chi connectivity index (χ2v) is 9.01. The summed E-state index contributed by atoms with van der Waals surface area (Å²) >= 11 is 4.99. The van der Waals surface area contributed by atoms with E-state index < -0.39 is 12.0 Å². The van der Waals surface area contributed by atoms with Crippen molar-refractivity contribution in [2.75, 3.05) is 0 Å². The molecule has 1 saturated heterocycles. The van der Waals surface area contributed by atoms with Crippen molar-refractivity contribution in [1.29, 1.82) is 0 Å². The Bertz CT molecular complexity index is 1040. The lowest BCUT2D eigenvalue weighted by Gasteiger charge is -2.33. The minimum absolute atomic E-state index is 0.0598. The number of allylic oxidation sites excluding steroid dienone is 1. The van der Waals surface area contributed by atoms with Crippen LogP contribution >= 0.6 is 27.7 Å². The molecule has 0 spiro atoms. The maximum absolute atomic E-state index is 13.1. The predicted molar refractivity (Wildman–Crippen MR) is 117 cm³/mol. The number of hydrogen-bond acceptors (Lipinski definition) is 5. The van der Waals surface area contributed by atoms with Gasteiger partial charge in [0, 0.05) is 4.47 Å². The van der Waals surface area contributed by atoms with Gasteiger partial charge in [0.25, 0.3) is 0 Å². The molecule has 0 aliphatic carbocycles. The van der Waals surface area contributed by atoms with E-state index in [-0.39, 0.29) is 17.8 Å². The van der Waals surface area contributed by atoms with E-state index in [2.05, 4.69) is 20.9 Å². The lowest BCUT2D eigenvalue weighted by Crippen LogP contribution is -2.40. The molecule has 148 valence electrons. The zero-order valence-corrected chi connectivity index (χ0v) is 18.4. The van der Waals surface area contributed by atoms with E-state index in [1.807, 2.05) is 61.5 Å². The third-order valence-corrected chi connectivity index (χ3v) is 6.67. The van der Waals surface area contributed by atoms with Gasteiger partial charge in [0.15, 0.2) is 5.17 Å². The highest BCUT2D eigenvalue weighted by atomic mass is 79.9. The number of carbonyl (C=O) groups excluding carboxylic acids is 2. The molecule has 0 aromatic heterocycles. The largest absolute Gasteiger partial charge is 0.457 e. The molecule has 0 N–H and O–H groups in total. The number of fused-ring (bicyclic) bond motifs is 1. The number of benzene rings is 2. The molecular weight excluding hydrogens is 452 g/mol. The average molecular weight is 471 g/mol. The highest BCUT2D eigenvalue weighted by Gasteiger charge is 2.46. The SMILES string of the molecule is CC1=C(C(=O)OCc2ccccc2)[C@H](c2ccccc2Br)N2C(=O)[C@@H](C)SC2=N1. The van der Waals surface area contributed by atoms with E-state index in [9.17, 15) is 9.59 Å². The van der Waals surface area contributed by atoms with Crippen molar-refractivity contribution in [3.05, 3.63) is 81.5 Å². The Kier molecular flexibility index (Phi) is 5.61. The van der Waals surface area contributed by atoms with Crippen molar-refractivity contribution in [3.8, 4) is 0 Å². The third kappa shape index (κ3) is 3.76. The summed E-state index contributed by atoms with van der Waals surface area (Å²) in [4.78, 5) is 32.2. The molecule has 29 heavy (non-hydrogen) atoms. The van der Waals surface area contributed by atoms with Crippen molar-refractivity contribution >= 4 is 44.7 Å². The first-order chi connectivity index (χ1) is 14.0. The van der Waals surface area contributed by atoms with Gasteiger partial charge in [-0.3, -0.25) is 9.69 Å². The van der Waals surface area contributed by atoms with Crippen LogP contribution in [-0.2, 0) is 20.9 Å². The van der Waals surface area contributed by atoms with E-state index in [0.717, 1.165) is 15.6 Å². The molecule has 2 atom stereocenters. The van der Waals surface area contributed by atoms with Crippen molar-refractivity contribution in [1.82, 2.24) is 4.90 Å². The van der Waals surface area contributed by atoms with Crippen molar-refractivity contribution in [2.45, 2.75) is 31.7 Å². The molecule has 5 nitrogen and oxygen atoms in total. The second-order valence-electron chi connectivity index (χ2n) is 6.85. The molecule has 2 aliphatic rings. The topological polar surface area (TPSA) is 59.0 Å². The molecule has 0 bridgehead atoms. The second kappa shape index (κ2) is 8.16.